The van der Waals surface area contributed by atoms with E-state index >= 15 is 0 Å². The molecule has 0 radical (unpaired) electrons. The van der Waals surface area contributed by atoms with Gasteiger partial charge in [-0.1, -0.05) is 30.3 Å². The molecule has 1 saturated heterocycles. The predicted molar refractivity (Wildman–Crippen MR) is 126 cm³/mol. The quantitative estimate of drug-likeness (QED) is 0.549. The number of anilines is 1. The molecular weight excluding hydrogens is 459 g/mol. The van der Waals surface area contributed by atoms with Crippen LogP contribution in [0.2, 0.25) is 0 Å². The number of nitrogens with zero attached hydrogens (tertiary/aromatic N) is 3. The first kappa shape index (κ1) is 24.6. The lowest BCUT2D eigenvalue weighted by Gasteiger charge is -2.27. The van der Waals surface area contributed by atoms with Crippen LogP contribution in [0, 0.1) is 0 Å². The summed E-state index contributed by atoms with van der Waals surface area (Å²) in [5.74, 6) is 0.323. The molecule has 1 amide bonds. The van der Waals surface area contributed by atoms with Gasteiger partial charge in [0.2, 0.25) is 0 Å². The Balaban J connectivity index is 1.48. The lowest BCUT2D eigenvalue weighted by atomic mass is 9.95. The zero-order chi connectivity index (χ0) is 25.0. The fraction of sp³-hybridized carbons (Fsp3) is 0.320. The second kappa shape index (κ2) is 10.4. The zero-order valence-electron chi connectivity index (χ0n) is 19.2. The van der Waals surface area contributed by atoms with Gasteiger partial charge in [-0.2, -0.15) is 18.3 Å². The van der Waals surface area contributed by atoms with Gasteiger partial charge in [-0.25, -0.2) is 0 Å². The lowest BCUT2D eigenvalue weighted by molar-refractivity contribution is -0.137. The number of nitrogens with two attached hydrogens (primary N) is 1. The molecule has 1 aliphatic heterocycles. The van der Waals surface area contributed by atoms with Crippen molar-refractivity contribution >= 4 is 11.7 Å². The molecule has 0 saturated carbocycles. The summed E-state index contributed by atoms with van der Waals surface area (Å²) in [6.45, 7) is 4.51. The van der Waals surface area contributed by atoms with Crippen molar-refractivity contribution in [2.75, 3.05) is 31.2 Å². The van der Waals surface area contributed by atoms with Gasteiger partial charge < -0.3 is 20.7 Å². The molecule has 3 aromatic rings. The van der Waals surface area contributed by atoms with Gasteiger partial charge in [-0.15, -0.1) is 5.10 Å². The molecule has 2 aromatic carbocycles. The minimum atomic E-state index is -4.44. The number of carbonyl (C=O) groups is 1. The molecule has 1 fully saturated rings. The number of benzene rings is 2. The van der Waals surface area contributed by atoms with E-state index in [2.05, 4.69) is 15.5 Å². The molecule has 1 aromatic heterocycles. The monoisotopic (exact) mass is 485 g/mol. The first-order valence-corrected chi connectivity index (χ1v) is 11.2. The molecule has 4 rings (SSSR count). The molecule has 35 heavy (non-hydrogen) atoms. The highest BCUT2D eigenvalue weighted by Crippen LogP contribution is 2.34. The van der Waals surface area contributed by atoms with E-state index in [0.29, 0.717) is 54.4 Å². The van der Waals surface area contributed by atoms with E-state index < -0.39 is 11.7 Å². The number of nitrogens with one attached hydrogen (secondary N) is 1. The average Bonchev–Trinajstić information content (AvgIpc) is 2.88. The third kappa shape index (κ3) is 5.77. The molecule has 7 nitrogen and oxygen atoms in total. The SMILES string of the molecule is C[C@@H](NC(=O)c1cnnc(N2CCOCC2)c1)c1ccc(-c2cc(C(F)(F)F)ccc2CN)cc1. The molecule has 3 N–H and O–H groups in total. The summed E-state index contributed by atoms with van der Waals surface area (Å²) in [4.78, 5) is 14.8. The molecule has 1 aliphatic rings. The van der Waals surface area contributed by atoms with Crippen LogP contribution in [0.3, 0.4) is 0 Å². The van der Waals surface area contributed by atoms with Crippen molar-refractivity contribution < 1.29 is 22.7 Å². The van der Waals surface area contributed by atoms with Gasteiger partial charge in [-0.05, 0) is 47.4 Å². The summed E-state index contributed by atoms with van der Waals surface area (Å²) in [6.07, 6.45) is -3.03. The average molecular weight is 486 g/mol. The van der Waals surface area contributed by atoms with E-state index in [1.807, 2.05) is 11.8 Å². The van der Waals surface area contributed by atoms with E-state index in [0.717, 1.165) is 17.7 Å². The topological polar surface area (TPSA) is 93.4 Å². The molecular formula is C25H26F3N5O2. The van der Waals surface area contributed by atoms with Gasteiger partial charge in [0.1, 0.15) is 0 Å². The van der Waals surface area contributed by atoms with E-state index in [-0.39, 0.29) is 18.5 Å². The highest BCUT2D eigenvalue weighted by Gasteiger charge is 2.31. The third-order valence-corrected chi connectivity index (χ3v) is 5.97. The summed E-state index contributed by atoms with van der Waals surface area (Å²) in [5.41, 5.74) is 7.89. The number of hydrogen-bond acceptors (Lipinski definition) is 6. The summed E-state index contributed by atoms with van der Waals surface area (Å²) < 4.78 is 44.9. The van der Waals surface area contributed by atoms with Gasteiger partial charge in [0, 0.05) is 19.6 Å². The van der Waals surface area contributed by atoms with Crippen LogP contribution in [0.4, 0.5) is 19.0 Å². The van der Waals surface area contributed by atoms with Crippen LogP contribution in [0.25, 0.3) is 11.1 Å². The smallest absolute Gasteiger partial charge is 0.378 e. The van der Waals surface area contributed by atoms with Crippen LogP contribution in [-0.4, -0.2) is 42.4 Å². The Hall–Kier alpha value is -3.50. The summed E-state index contributed by atoms with van der Waals surface area (Å²) in [6, 6.07) is 12.0. The maximum absolute atomic E-state index is 13.2. The van der Waals surface area contributed by atoms with Crippen molar-refractivity contribution in [2.45, 2.75) is 25.7 Å². The van der Waals surface area contributed by atoms with E-state index in [1.165, 1.54) is 12.3 Å². The number of hydrogen-bond donors (Lipinski definition) is 2. The third-order valence-electron chi connectivity index (χ3n) is 5.97. The Bertz CT molecular complexity index is 1180. The van der Waals surface area contributed by atoms with Crippen LogP contribution in [0.5, 0.6) is 0 Å². The number of ether oxygens (including phenoxy) is 1. The zero-order valence-corrected chi connectivity index (χ0v) is 19.2. The second-order valence-electron chi connectivity index (χ2n) is 8.29. The number of halogens is 3. The number of carbonyl (C=O) groups excluding carboxylic acids is 1. The van der Waals surface area contributed by atoms with Crippen molar-refractivity contribution in [1.29, 1.82) is 0 Å². The molecule has 2 heterocycles. The van der Waals surface area contributed by atoms with Crippen molar-refractivity contribution in [3.05, 3.63) is 77.0 Å². The summed E-state index contributed by atoms with van der Waals surface area (Å²) in [7, 11) is 0. The first-order chi connectivity index (χ1) is 16.8. The van der Waals surface area contributed by atoms with Gasteiger partial charge in [0.05, 0.1) is 36.6 Å². The molecule has 0 unspecified atom stereocenters. The Morgan fingerprint density at radius 3 is 2.51 bits per heavy atom. The summed E-state index contributed by atoms with van der Waals surface area (Å²) >= 11 is 0. The highest BCUT2D eigenvalue weighted by molar-refractivity contribution is 5.94. The summed E-state index contributed by atoms with van der Waals surface area (Å²) in [5, 5.41) is 11.0. The molecule has 0 bridgehead atoms. The molecule has 184 valence electrons. The first-order valence-electron chi connectivity index (χ1n) is 11.2. The number of aromatic nitrogens is 2. The fourth-order valence-electron chi connectivity index (χ4n) is 3.94. The Morgan fingerprint density at radius 1 is 1.14 bits per heavy atom. The van der Waals surface area contributed by atoms with Crippen molar-refractivity contribution in [2.24, 2.45) is 5.73 Å². The maximum atomic E-state index is 13.2. The molecule has 0 aliphatic carbocycles. The van der Waals surface area contributed by atoms with Crippen molar-refractivity contribution in [3.63, 3.8) is 0 Å². The van der Waals surface area contributed by atoms with Gasteiger partial charge in [0.25, 0.3) is 5.91 Å². The number of rotatable bonds is 6. The van der Waals surface area contributed by atoms with Crippen molar-refractivity contribution in [3.8, 4) is 11.1 Å². The number of amides is 1. The second-order valence-corrected chi connectivity index (χ2v) is 8.29. The van der Waals surface area contributed by atoms with E-state index in [1.54, 1.807) is 30.3 Å². The molecule has 1 atom stereocenters. The van der Waals surface area contributed by atoms with Crippen LogP contribution in [-0.2, 0) is 17.5 Å². The Labute approximate surface area is 201 Å². The van der Waals surface area contributed by atoms with Crippen LogP contribution < -0.4 is 16.0 Å². The Morgan fingerprint density at radius 2 is 1.86 bits per heavy atom. The van der Waals surface area contributed by atoms with Crippen LogP contribution in [0.15, 0.2) is 54.7 Å². The standard InChI is InChI=1S/C25H26F3N5O2/c1-16(31-24(34)20-12-23(32-30-15-20)33-8-10-35-11-9-33)17-2-4-18(5-3-17)22-13-21(25(26,27)28)7-6-19(22)14-29/h2-7,12-13,15-16H,8-11,14,29H2,1H3,(H,31,34)/t16-/m1/s1. The molecule has 0 spiro atoms. The largest absolute Gasteiger partial charge is 0.416 e. The van der Waals surface area contributed by atoms with Crippen LogP contribution >= 0.6 is 0 Å². The number of morpholine rings is 1. The minimum Gasteiger partial charge on any atom is -0.378 e. The van der Waals surface area contributed by atoms with Gasteiger partial charge in [-0.3, -0.25) is 4.79 Å². The molecule has 10 heteroatoms. The normalized spacial score (nSPS) is 15.1. The van der Waals surface area contributed by atoms with Crippen LogP contribution in [0.1, 0.15) is 40.0 Å². The van der Waals surface area contributed by atoms with E-state index in [4.69, 9.17) is 10.5 Å². The Kier molecular flexibility index (Phi) is 7.32. The van der Waals surface area contributed by atoms with Gasteiger partial charge >= 0.3 is 6.18 Å². The highest BCUT2D eigenvalue weighted by atomic mass is 19.4. The number of alkyl halides is 3. The maximum Gasteiger partial charge on any atom is 0.416 e. The fourth-order valence-corrected chi connectivity index (χ4v) is 3.94. The van der Waals surface area contributed by atoms with Gasteiger partial charge in [0.15, 0.2) is 5.82 Å². The van der Waals surface area contributed by atoms with E-state index in [9.17, 15) is 18.0 Å². The minimum absolute atomic E-state index is 0.119. The predicted octanol–water partition coefficient (Wildman–Crippen LogP) is 3.95. The van der Waals surface area contributed by atoms with Crippen molar-refractivity contribution in [1.82, 2.24) is 15.5 Å². The lowest BCUT2D eigenvalue weighted by Crippen LogP contribution is -2.37.